The van der Waals surface area contributed by atoms with Gasteiger partial charge in [-0.2, -0.15) is 0 Å². The molecule has 94 valence electrons. The molecule has 0 bridgehead atoms. The third-order valence-corrected chi connectivity index (χ3v) is 3.47. The van der Waals surface area contributed by atoms with Crippen LogP contribution < -0.4 is 4.90 Å². The molecule has 1 N–H and O–H groups in total. The fraction of sp³-hybridized carbons (Fsp3) is 0.571. The first-order valence-electron chi connectivity index (χ1n) is 6.12. The predicted octanol–water partition coefficient (Wildman–Crippen LogP) is 3.12. The van der Waals surface area contributed by atoms with E-state index in [0.717, 1.165) is 25.2 Å². The first kappa shape index (κ1) is 12.4. The zero-order valence-electron chi connectivity index (χ0n) is 10.7. The Labute approximate surface area is 102 Å². The minimum Gasteiger partial charge on any atom is -0.389 e. The lowest BCUT2D eigenvalue weighted by Gasteiger charge is -2.25. The van der Waals surface area contributed by atoms with Crippen molar-refractivity contribution in [1.82, 2.24) is 0 Å². The second kappa shape index (κ2) is 4.30. The lowest BCUT2D eigenvalue weighted by atomic mass is 9.93. The van der Waals surface area contributed by atoms with Crippen LogP contribution in [-0.2, 0) is 0 Å². The minimum atomic E-state index is -0.769. The van der Waals surface area contributed by atoms with E-state index in [1.807, 2.05) is 6.07 Å². The molecule has 0 unspecified atom stereocenters. The molecule has 2 rings (SSSR count). The largest absolute Gasteiger partial charge is 0.389 e. The van der Waals surface area contributed by atoms with Crippen LogP contribution in [0.1, 0.15) is 38.9 Å². The van der Waals surface area contributed by atoms with Gasteiger partial charge in [0.2, 0.25) is 0 Å². The van der Waals surface area contributed by atoms with Crippen LogP contribution >= 0.6 is 0 Å². The molecule has 1 atom stereocenters. The van der Waals surface area contributed by atoms with Gasteiger partial charge in [0.15, 0.2) is 0 Å². The zero-order valence-corrected chi connectivity index (χ0v) is 10.7. The van der Waals surface area contributed by atoms with E-state index < -0.39 is 6.10 Å². The van der Waals surface area contributed by atoms with Crippen molar-refractivity contribution in [1.29, 1.82) is 0 Å². The Kier molecular flexibility index (Phi) is 3.13. The number of rotatable bonds is 2. The summed E-state index contributed by atoms with van der Waals surface area (Å²) in [6.07, 6.45) is 0.331. The van der Waals surface area contributed by atoms with Gasteiger partial charge < -0.3 is 10.0 Å². The molecule has 0 amide bonds. The molecule has 1 saturated heterocycles. The summed E-state index contributed by atoms with van der Waals surface area (Å²) in [6.45, 7) is 7.89. The number of nitrogens with zero attached hydrogens (tertiary/aromatic N) is 1. The lowest BCUT2D eigenvalue weighted by molar-refractivity contribution is 0.194. The molecule has 0 saturated carbocycles. The highest BCUT2D eigenvalue weighted by Crippen LogP contribution is 2.36. The number of aliphatic hydroxyl groups excluding tert-OH is 1. The molecule has 1 aromatic rings. The topological polar surface area (TPSA) is 23.5 Å². The average molecular weight is 237 g/mol. The fourth-order valence-corrected chi connectivity index (χ4v) is 2.53. The number of anilines is 1. The third kappa shape index (κ3) is 2.44. The molecule has 17 heavy (non-hydrogen) atoms. The van der Waals surface area contributed by atoms with Crippen LogP contribution in [0.4, 0.5) is 10.1 Å². The summed E-state index contributed by atoms with van der Waals surface area (Å²) >= 11 is 0. The highest BCUT2D eigenvalue weighted by Gasteiger charge is 2.31. The predicted molar refractivity (Wildman–Crippen MR) is 67.6 cm³/mol. The van der Waals surface area contributed by atoms with Crippen LogP contribution in [0.25, 0.3) is 0 Å². The number of hydrogen-bond acceptors (Lipinski definition) is 2. The van der Waals surface area contributed by atoms with Crippen molar-refractivity contribution in [3.8, 4) is 0 Å². The molecular formula is C14H20FNO. The standard InChI is InChI=1S/C14H20FNO/c1-10(17)13-11(15)5-4-6-12(13)16-8-7-14(2,3)9-16/h4-6,10,17H,7-9H2,1-3H3/t10-/m1/s1. The van der Waals surface area contributed by atoms with Crippen molar-refractivity contribution in [3.05, 3.63) is 29.6 Å². The highest BCUT2D eigenvalue weighted by molar-refractivity contribution is 5.56. The van der Waals surface area contributed by atoms with Crippen LogP contribution in [0.5, 0.6) is 0 Å². The Morgan fingerprint density at radius 2 is 2.12 bits per heavy atom. The van der Waals surface area contributed by atoms with Crippen LogP contribution in [0, 0.1) is 11.2 Å². The van der Waals surface area contributed by atoms with Gasteiger partial charge in [0, 0.05) is 24.3 Å². The second-order valence-corrected chi connectivity index (χ2v) is 5.68. The number of hydrogen-bond donors (Lipinski definition) is 1. The maximum Gasteiger partial charge on any atom is 0.131 e. The van der Waals surface area contributed by atoms with Crippen molar-refractivity contribution in [2.75, 3.05) is 18.0 Å². The van der Waals surface area contributed by atoms with E-state index in [0.29, 0.717) is 5.56 Å². The summed E-state index contributed by atoms with van der Waals surface area (Å²) in [5, 5.41) is 9.71. The van der Waals surface area contributed by atoms with E-state index in [2.05, 4.69) is 18.7 Å². The third-order valence-electron chi connectivity index (χ3n) is 3.47. The normalized spacial score (nSPS) is 20.6. The van der Waals surface area contributed by atoms with Crippen molar-refractivity contribution >= 4 is 5.69 Å². The average Bonchev–Trinajstić information content (AvgIpc) is 2.57. The number of benzene rings is 1. The SMILES string of the molecule is C[C@@H](O)c1c(F)cccc1N1CCC(C)(C)C1. The number of aliphatic hydroxyl groups is 1. The summed E-state index contributed by atoms with van der Waals surface area (Å²) < 4.78 is 13.8. The van der Waals surface area contributed by atoms with Crippen LogP contribution in [0.2, 0.25) is 0 Å². The molecule has 1 aliphatic heterocycles. The summed E-state index contributed by atoms with van der Waals surface area (Å²) in [5.41, 5.74) is 1.53. The fourth-order valence-electron chi connectivity index (χ4n) is 2.53. The van der Waals surface area contributed by atoms with E-state index in [1.165, 1.54) is 6.07 Å². The molecule has 0 aliphatic carbocycles. The first-order chi connectivity index (χ1) is 7.91. The van der Waals surface area contributed by atoms with E-state index in [4.69, 9.17) is 0 Å². The molecule has 0 aromatic heterocycles. The van der Waals surface area contributed by atoms with Gasteiger partial charge >= 0.3 is 0 Å². The van der Waals surface area contributed by atoms with E-state index in [1.54, 1.807) is 13.0 Å². The van der Waals surface area contributed by atoms with Gasteiger partial charge in [-0.1, -0.05) is 19.9 Å². The Morgan fingerprint density at radius 1 is 1.41 bits per heavy atom. The van der Waals surface area contributed by atoms with Gasteiger partial charge in [-0.15, -0.1) is 0 Å². The van der Waals surface area contributed by atoms with E-state index >= 15 is 0 Å². The Hall–Kier alpha value is -1.09. The summed E-state index contributed by atoms with van der Waals surface area (Å²) in [4.78, 5) is 2.17. The van der Waals surface area contributed by atoms with Crippen LogP contribution in [0.3, 0.4) is 0 Å². The van der Waals surface area contributed by atoms with E-state index in [9.17, 15) is 9.50 Å². The first-order valence-corrected chi connectivity index (χ1v) is 6.12. The maximum atomic E-state index is 13.8. The summed E-state index contributed by atoms with van der Waals surface area (Å²) in [6, 6.07) is 5.02. The molecule has 0 spiro atoms. The maximum absolute atomic E-state index is 13.8. The summed E-state index contributed by atoms with van der Waals surface area (Å²) in [7, 11) is 0. The molecule has 1 fully saturated rings. The minimum absolute atomic E-state index is 0.266. The van der Waals surface area contributed by atoms with Crippen LogP contribution in [-0.4, -0.2) is 18.2 Å². The highest BCUT2D eigenvalue weighted by atomic mass is 19.1. The summed E-state index contributed by atoms with van der Waals surface area (Å²) in [5.74, 6) is -0.317. The van der Waals surface area contributed by atoms with Crippen molar-refractivity contribution < 1.29 is 9.50 Å². The zero-order chi connectivity index (χ0) is 12.6. The van der Waals surface area contributed by atoms with Gasteiger partial charge in [0.25, 0.3) is 0 Å². The molecule has 0 radical (unpaired) electrons. The lowest BCUT2D eigenvalue weighted by Crippen LogP contribution is -2.24. The van der Waals surface area contributed by atoms with Gasteiger partial charge in [0.1, 0.15) is 5.82 Å². The second-order valence-electron chi connectivity index (χ2n) is 5.68. The quantitative estimate of drug-likeness (QED) is 0.854. The van der Waals surface area contributed by atoms with E-state index in [-0.39, 0.29) is 11.2 Å². The van der Waals surface area contributed by atoms with Gasteiger partial charge in [-0.05, 0) is 30.9 Å². The van der Waals surface area contributed by atoms with Crippen LogP contribution in [0.15, 0.2) is 18.2 Å². The van der Waals surface area contributed by atoms with Crippen molar-refractivity contribution in [2.45, 2.75) is 33.3 Å². The number of halogens is 1. The molecule has 1 aliphatic rings. The Balaban J connectivity index is 2.36. The molecule has 2 nitrogen and oxygen atoms in total. The van der Waals surface area contributed by atoms with Gasteiger partial charge in [-0.3, -0.25) is 0 Å². The molecule has 1 heterocycles. The Morgan fingerprint density at radius 3 is 2.65 bits per heavy atom. The van der Waals surface area contributed by atoms with Gasteiger partial charge in [-0.25, -0.2) is 4.39 Å². The molecule has 3 heteroatoms. The van der Waals surface area contributed by atoms with Crippen molar-refractivity contribution in [2.24, 2.45) is 5.41 Å². The molecular weight excluding hydrogens is 217 g/mol. The van der Waals surface area contributed by atoms with Gasteiger partial charge in [0.05, 0.1) is 6.10 Å². The van der Waals surface area contributed by atoms with Crippen molar-refractivity contribution in [3.63, 3.8) is 0 Å². The molecule has 1 aromatic carbocycles. The Bertz CT molecular complexity index is 415. The monoisotopic (exact) mass is 237 g/mol. The smallest absolute Gasteiger partial charge is 0.131 e.